The standard InChI is InChI=1S/C36H27N.C19H23N.C2H2/c1-3-31-24(2)37-35-17-11-10-16-32(35)36(31)33-22-27(25-12-6-4-7-13-25)18-20-29(33)30-21-19-28(23-34(30)36)26-14-8-5-9-15-26;1-5-12-17(8-4)20(18(13-6-2)14-7-3)19-15-10-9-11-16-19;1-2/h3-23,37H,2H2,1H3;5-16H,2H2,1,3-4H3;1-2H/b31-3+;12-5-,14-7-,17-8+,18-13+;. The summed E-state index contributed by atoms with van der Waals surface area (Å²) in [6, 6.07) is 54.4. The highest BCUT2D eigenvalue weighted by molar-refractivity contribution is 5.93. The molecular weight excluding hydrogens is 713 g/mol. The summed E-state index contributed by atoms with van der Waals surface area (Å²) in [4.78, 5) is 2.21. The van der Waals surface area contributed by atoms with Crippen LogP contribution in [0, 0.1) is 12.8 Å². The van der Waals surface area contributed by atoms with E-state index in [1.54, 1.807) is 0 Å². The van der Waals surface area contributed by atoms with Crippen LogP contribution in [0.25, 0.3) is 33.4 Å². The molecule has 0 atom stereocenters. The Morgan fingerprint density at radius 2 is 1.07 bits per heavy atom. The Labute approximate surface area is 352 Å². The third kappa shape index (κ3) is 7.97. The van der Waals surface area contributed by atoms with E-state index in [4.69, 9.17) is 0 Å². The lowest BCUT2D eigenvalue weighted by molar-refractivity contribution is 0.742. The first-order chi connectivity index (χ1) is 29.0. The molecule has 290 valence electrons. The molecule has 0 saturated carbocycles. The van der Waals surface area contributed by atoms with Crippen LogP contribution in [0.4, 0.5) is 11.4 Å². The Hall–Kier alpha value is -7.34. The van der Waals surface area contributed by atoms with Crippen LogP contribution in [0.15, 0.2) is 236 Å². The van der Waals surface area contributed by atoms with Crippen molar-refractivity contribution >= 4 is 11.4 Å². The second kappa shape index (κ2) is 19.2. The monoisotopic (exact) mass is 764 g/mol. The van der Waals surface area contributed by atoms with E-state index in [-0.39, 0.29) is 0 Å². The van der Waals surface area contributed by atoms with E-state index in [1.807, 2.05) is 63.3 Å². The Morgan fingerprint density at radius 1 is 0.576 bits per heavy atom. The van der Waals surface area contributed by atoms with Crippen LogP contribution in [0.3, 0.4) is 0 Å². The summed E-state index contributed by atoms with van der Waals surface area (Å²) in [6.45, 7) is 16.6. The van der Waals surface area contributed by atoms with Crippen molar-refractivity contribution in [2.24, 2.45) is 0 Å². The number of anilines is 2. The van der Waals surface area contributed by atoms with Gasteiger partial charge in [0, 0.05) is 28.5 Å². The number of nitrogens with one attached hydrogen (secondary N) is 1. The zero-order valence-electron chi connectivity index (χ0n) is 34.6. The molecular formula is C57H52N2. The minimum absolute atomic E-state index is 0.450. The average Bonchev–Trinajstić information content (AvgIpc) is 3.57. The number of fused-ring (bicyclic) bond motifs is 7. The van der Waals surface area contributed by atoms with Crippen LogP contribution >= 0.6 is 0 Å². The van der Waals surface area contributed by atoms with Gasteiger partial charge in [-0.1, -0.05) is 165 Å². The van der Waals surface area contributed by atoms with E-state index >= 15 is 0 Å². The van der Waals surface area contributed by atoms with Gasteiger partial charge in [0.1, 0.15) is 0 Å². The maximum absolute atomic E-state index is 4.51. The number of benzene rings is 6. The number of nitrogens with zero attached hydrogens (tertiary/aromatic N) is 1. The lowest BCUT2D eigenvalue weighted by atomic mass is 9.63. The average molecular weight is 765 g/mol. The molecule has 1 aliphatic carbocycles. The zero-order chi connectivity index (χ0) is 41.8. The van der Waals surface area contributed by atoms with Crippen molar-refractivity contribution in [2.45, 2.75) is 33.1 Å². The van der Waals surface area contributed by atoms with E-state index in [0.717, 1.165) is 28.5 Å². The minimum atomic E-state index is -0.450. The van der Waals surface area contributed by atoms with E-state index in [1.165, 1.54) is 55.6 Å². The molecule has 0 aromatic heterocycles. The van der Waals surface area contributed by atoms with Gasteiger partial charge in [-0.25, -0.2) is 0 Å². The first-order valence-electron chi connectivity index (χ1n) is 20.1. The van der Waals surface area contributed by atoms with Gasteiger partial charge in [-0.15, -0.1) is 12.8 Å². The fourth-order valence-electron chi connectivity index (χ4n) is 8.43. The minimum Gasteiger partial charge on any atom is -0.355 e. The molecule has 8 rings (SSSR count). The van der Waals surface area contributed by atoms with E-state index in [9.17, 15) is 0 Å². The number of hydrogen-bond donors (Lipinski definition) is 1. The second-order valence-electron chi connectivity index (χ2n) is 14.1. The van der Waals surface area contributed by atoms with E-state index in [2.05, 4.69) is 201 Å². The van der Waals surface area contributed by atoms with Gasteiger partial charge in [0.25, 0.3) is 0 Å². The second-order valence-corrected chi connectivity index (χ2v) is 14.1. The van der Waals surface area contributed by atoms with Gasteiger partial charge < -0.3 is 10.2 Å². The fourth-order valence-corrected chi connectivity index (χ4v) is 8.43. The maximum Gasteiger partial charge on any atom is 0.0750 e. The number of rotatable bonds is 8. The first-order valence-corrected chi connectivity index (χ1v) is 20.1. The van der Waals surface area contributed by atoms with Gasteiger partial charge in [-0.2, -0.15) is 0 Å². The lowest BCUT2D eigenvalue weighted by Crippen LogP contribution is -2.36. The summed E-state index contributed by atoms with van der Waals surface area (Å²) in [5.41, 5.74) is 17.6. The van der Waals surface area contributed by atoms with Crippen LogP contribution in [0.1, 0.15) is 44.4 Å². The Morgan fingerprint density at radius 3 is 1.56 bits per heavy atom. The van der Waals surface area contributed by atoms with Gasteiger partial charge in [0.2, 0.25) is 0 Å². The number of para-hydroxylation sites is 2. The first kappa shape index (κ1) is 41.3. The molecule has 1 heterocycles. The van der Waals surface area contributed by atoms with Crippen molar-refractivity contribution in [3.8, 4) is 46.2 Å². The van der Waals surface area contributed by atoms with Gasteiger partial charge in [0.05, 0.1) is 5.41 Å². The molecule has 6 aromatic rings. The topological polar surface area (TPSA) is 15.3 Å². The molecule has 59 heavy (non-hydrogen) atoms. The molecule has 1 aliphatic heterocycles. The number of terminal acetylenes is 1. The molecule has 2 heteroatoms. The molecule has 0 fully saturated rings. The van der Waals surface area contributed by atoms with Gasteiger partial charge in [0.15, 0.2) is 0 Å². The quantitative estimate of drug-likeness (QED) is 0.123. The summed E-state index contributed by atoms with van der Waals surface area (Å²) in [5.74, 6) is 0. The van der Waals surface area contributed by atoms with Crippen LogP contribution in [-0.4, -0.2) is 0 Å². The zero-order valence-corrected chi connectivity index (χ0v) is 34.6. The van der Waals surface area contributed by atoms with Crippen LogP contribution in [0.5, 0.6) is 0 Å². The predicted molar refractivity (Wildman–Crippen MR) is 256 cm³/mol. The van der Waals surface area contributed by atoms with Gasteiger partial charge in [-0.3, -0.25) is 0 Å². The molecule has 2 aliphatic rings. The Kier molecular flexibility index (Phi) is 13.4. The van der Waals surface area contributed by atoms with Crippen molar-refractivity contribution in [2.75, 3.05) is 10.2 Å². The van der Waals surface area contributed by atoms with Crippen molar-refractivity contribution in [3.05, 3.63) is 253 Å². The molecule has 0 bridgehead atoms. The van der Waals surface area contributed by atoms with Crippen molar-refractivity contribution in [1.29, 1.82) is 0 Å². The smallest absolute Gasteiger partial charge is 0.0750 e. The molecule has 0 saturated heterocycles. The fraction of sp³-hybridized carbons (Fsp3) is 0.0877. The van der Waals surface area contributed by atoms with Gasteiger partial charge in [-0.05, 0) is 132 Å². The molecule has 2 nitrogen and oxygen atoms in total. The van der Waals surface area contributed by atoms with Crippen molar-refractivity contribution in [1.82, 2.24) is 0 Å². The highest BCUT2D eigenvalue weighted by Gasteiger charge is 2.51. The summed E-state index contributed by atoms with van der Waals surface area (Å²) in [7, 11) is 0. The summed E-state index contributed by atoms with van der Waals surface area (Å²) in [6.07, 6.45) is 24.5. The largest absolute Gasteiger partial charge is 0.355 e. The molecule has 0 unspecified atom stereocenters. The Balaban J connectivity index is 0.000000227. The van der Waals surface area contributed by atoms with Crippen LogP contribution < -0.4 is 10.2 Å². The molecule has 6 aromatic carbocycles. The third-order valence-electron chi connectivity index (χ3n) is 10.8. The van der Waals surface area contributed by atoms with Crippen LogP contribution in [0.2, 0.25) is 0 Å². The molecule has 1 spiro atoms. The van der Waals surface area contributed by atoms with E-state index < -0.39 is 5.41 Å². The normalized spacial score (nSPS) is 14.3. The third-order valence-corrected chi connectivity index (χ3v) is 10.8. The van der Waals surface area contributed by atoms with E-state index in [0.29, 0.717) is 0 Å². The van der Waals surface area contributed by atoms with Crippen LogP contribution in [-0.2, 0) is 5.41 Å². The SMILES string of the molecule is C#C.C=C/C=C(\C=C/C)N(C(/C=C\C)=C/C)c1ccccc1.C=C1Nc2ccccc2C2(/C1=C/C)c1cc(-c3ccccc3)ccc1-c1ccc(-c3ccccc3)cc12. The molecule has 0 amide bonds. The highest BCUT2D eigenvalue weighted by Crippen LogP contribution is 2.61. The predicted octanol–water partition coefficient (Wildman–Crippen LogP) is 15.1. The lowest BCUT2D eigenvalue weighted by Gasteiger charge is -2.42. The summed E-state index contributed by atoms with van der Waals surface area (Å²) in [5, 5.41) is 3.60. The number of hydrogen-bond acceptors (Lipinski definition) is 2. The Bertz CT molecular complexity index is 2510. The van der Waals surface area contributed by atoms with Gasteiger partial charge >= 0.3 is 0 Å². The maximum atomic E-state index is 4.51. The molecule has 1 N–H and O–H groups in total. The highest BCUT2D eigenvalue weighted by atomic mass is 15.1. The number of allylic oxidation sites excluding steroid dienone is 9. The summed E-state index contributed by atoms with van der Waals surface area (Å²) >= 11 is 0. The van der Waals surface area contributed by atoms with Crippen molar-refractivity contribution < 1.29 is 0 Å². The van der Waals surface area contributed by atoms with Crippen molar-refractivity contribution in [3.63, 3.8) is 0 Å². The summed E-state index contributed by atoms with van der Waals surface area (Å²) < 4.78 is 0. The molecule has 0 radical (unpaired) electrons.